The van der Waals surface area contributed by atoms with Crippen LogP contribution in [0.1, 0.15) is 36.2 Å². The predicted molar refractivity (Wildman–Crippen MR) is 90.0 cm³/mol. The van der Waals surface area contributed by atoms with Crippen LogP contribution in [0.4, 0.5) is 0 Å². The van der Waals surface area contributed by atoms with Crippen molar-refractivity contribution in [2.75, 3.05) is 6.61 Å². The Hall–Kier alpha value is -2.82. The molecule has 0 radical (unpaired) electrons. The molecule has 0 spiro atoms. The van der Waals surface area contributed by atoms with E-state index in [4.69, 9.17) is 4.74 Å². The van der Waals surface area contributed by atoms with Gasteiger partial charge in [-0.3, -0.25) is 4.79 Å². The molecule has 0 heterocycles. The fraction of sp³-hybridized carbons (Fsp3) is 0.222. The third-order valence-electron chi connectivity index (χ3n) is 3.20. The second-order valence-electron chi connectivity index (χ2n) is 5.03. The highest BCUT2D eigenvalue weighted by molar-refractivity contribution is 6.01. The summed E-state index contributed by atoms with van der Waals surface area (Å²) in [7, 11) is 0. The van der Waals surface area contributed by atoms with Crippen molar-refractivity contribution in [3.05, 3.63) is 59.7 Å². The minimum Gasteiger partial charge on any atom is -0.508 e. The molecule has 0 aromatic heterocycles. The van der Waals surface area contributed by atoms with E-state index in [2.05, 4.69) is 10.5 Å². The molecule has 1 amide bonds. The molecule has 23 heavy (non-hydrogen) atoms. The minimum atomic E-state index is -0.324. The molecule has 0 aliphatic heterocycles. The summed E-state index contributed by atoms with van der Waals surface area (Å²) in [5.41, 5.74) is 4.44. The SMILES string of the molecule is CCCOc1ccccc1C(=O)NN=C(C)c1ccc(O)cc1. The van der Waals surface area contributed by atoms with Crippen LogP contribution >= 0.6 is 0 Å². The summed E-state index contributed by atoms with van der Waals surface area (Å²) in [5.74, 6) is 0.409. The molecule has 0 aliphatic carbocycles. The molecule has 2 rings (SSSR count). The average molecular weight is 312 g/mol. The number of ether oxygens (including phenoxy) is 1. The average Bonchev–Trinajstić information content (AvgIpc) is 2.58. The molecule has 2 aromatic carbocycles. The Morgan fingerprint density at radius 2 is 1.87 bits per heavy atom. The third-order valence-corrected chi connectivity index (χ3v) is 3.20. The largest absolute Gasteiger partial charge is 0.508 e. The van der Waals surface area contributed by atoms with E-state index in [0.29, 0.717) is 23.6 Å². The van der Waals surface area contributed by atoms with Crippen LogP contribution in [0.2, 0.25) is 0 Å². The lowest BCUT2D eigenvalue weighted by Gasteiger charge is -2.09. The molecule has 0 fully saturated rings. The fourth-order valence-corrected chi connectivity index (χ4v) is 1.95. The van der Waals surface area contributed by atoms with Crippen LogP contribution in [-0.4, -0.2) is 23.3 Å². The lowest BCUT2D eigenvalue weighted by Crippen LogP contribution is -2.20. The van der Waals surface area contributed by atoms with Crippen molar-refractivity contribution in [1.29, 1.82) is 0 Å². The maximum Gasteiger partial charge on any atom is 0.275 e. The number of para-hydroxylation sites is 1. The van der Waals surface area contributed by atoms with E-state index in [-0.39, 0.29) is 11.7 Å². The summed E-state index contributed by atoms with van der Waals surface area (Å²) in [6.45, 7) is 4.35. The van der Waals surface area contributed by atoms with E-state index >= 15 is 0 Å². The van der Waals surface area contributed by atoms with Gasteiger partial charge in [0.1, 0.15) is 11.5 Å². The summed E-state index contributed by atoms with van der Waals surface area (Å²) in [4.78, 5) is 12.3. The van der Waals surface area contributed by atoms with E-state index in [1.807, 2.05) is 13.0 Å². The van der Waals surface area contributed by atoms with Crippen molar-refractivity contribution in [2.45, 2.75) is 20.3 Å². The lowest BCUT2D eigenvalue weighted by atomic mass is 10.1. The zero-order valence-corrected chi connectivity index (χ0v) is 13.2. The molecule has 5 nitrogen and oxygen atoms in total. The van der Waals surface area contributed by atoms with Gasteiger partial charge in [-0.05, 0) is 55.3 Å². The van der Waals surface area contributed by atoms with Gasteiger partial charge in [-0.2, -0.15) is 5.10 Å². The van der Waals surface area contributed by atoms with Crippen LogP contribution in [0.15, 0.2) is 53.6 Å². The van der Waals surface area contributed by atoms with Crippen molar-refractivity contribution >= 4 is 11.6 Å². The molecule has 5 heteroatoms. The molecule has 120 valence electrons. The van der Waals surface area contributed by atoms with E-state index < -0.39 is 0 Å². The van der Waals surface area contributed by atoms with Crippen LogP contribution in [0.25, 0.3) is 0 Å². The first-order valence-corrected chi connectivity index (χ1v) is 7.47. The molecule has 2 N–H and O–H groups in total. The Balaban J connectivity index is 2.10. The topological polar surface area (TPSA) is 70.9 Å². The number of benzene rings is 2. The monoisotopic (exact) mass is 312 g/mol. The van der Waals surface area contributed by atoms with E-state index in [0.717, 1.165) is 12.0 Å². The first-order valence-electron chi connectivity index (χ1n) is 7.47. The molecule has 0 saturated carbocycles. The summed E-state index contributed by atoms with van der Waals surface area (Å²) >= 11 is 0. The van der Waals surface area contributed by atoms with Crippen LogP contribution in [0.3, 0.4) is 0 Å². The third kappa shape index (κ3) is 4.57. The van der Waals surface area contributed by atoms with Gasteiger partial charge in [0.15, 0.2) is 0 Å². The maximum absolute atomic E-state index is 12.3. The van der Waals surface area contributed by atoms with Gasteiger partial charge in [-0.1, -0.05) is 19.1 Å². The number of phenolic OH excluding ortho intramolecular Hbond substituents is 1. The zero-order chi connectivity index (χ0) is 16.7. The van der Waals surface area contributed by atoms with Crippen molar-refractivity contribution in [3.63, 3.8) is 0 Å². The summed E-state index contributed by atoms with van der Waals surface area (Å²) in [6.07, 6.45) is 0.869. The van der Waals surface area contributed by atoms with Crippen LogP contribution in [-0.2, 0) is 0 Å². The van der Waals surface area contributed by atoms with Crippen LogP contribution in [0.5, 0.6) is 11.5 Å². The van der Waals surface area contributed by atoms with Crippen molar-refractivity contribution in [2.24, 2.45) is 5.10 Å². The fourth-order valence-electron chi connectivity index (χ4n) is 1.95. The molecular formula is C18H20N2O3. The Morgan fingerprint density at radius 1 is 1.17 bits per heavy atom. The maximum atomic E-state index is 12.3. The molecule has 0 bridgehead atoms. The number of hydrazone groups is 1. The number of amides is 1. The highest BCUT2D eigenvalue weighted by Gasteiger charge is 2.11. The number of carbonyl (C=O) groups is 1. The number of aromatic hydroxyl groups is 1. The number of nitrogens with zero attached hydrogens (tertiary/aromatic N) is 1. The van der Waals surface area contributed by atoms with Crippen LogP contribution in [0, 0.1) is 0 Å². The number of rotatable bonds is 6. The van der Waals surface area contributed by atoms with Crippen molar-refractivity contribution in [3.8, 4) is 11.5 Å². The van der Waals surface area contributed by atoms with Gasteiger partial charge in [0.05, 0.1) is 17.9 Å². The van der Waals surface area contributed by atoms with E-state index in [1.165, 1.54) is 0 Å². The molecule has 0 atom stereocenters. The molecular weight excluding hydrogens is 292 g/mol. The van der Waals surface area contributed by atoms with Gasteiger partial charge in [0.2, 0.25) is 0 Å². The van der Waals surface area contributed by atoms with Gasteiger partial charge in [-0.25, -0.2) is 5.43 Å². The molecule has 2 aromatic rings. The normalized spacial score (nSPS) is 11.1. The number of nitrogens with one attached hydrogen (secondary N) is 1. The molecule has 0 saturated heterocycles. The summed E-state index contributed by atoms with van der Waals surface area (Å²) in [5, 5.41) is 13.4. The van der Waals surface area contributed by atoms with Gasteiger partial charge in [0, 0.05) is 0 Å². The Morgan fingerprint density at radius 3 is 2.57 bits per heavy atom. The lowest BCUT2D eigenvalue weighted by molar-refractivity contribution is 0.0950. The summed E-state index contributed by atoms with van der Waals surface area (Å²) < 4.78 is 5.57. The molecule has 0 unspecified atom stereocenters. The number of hydrogen-bond donors (Lipinski definition) is 2. The first kappa shape index (κ1) is 16.5. The first-order chi connectivity index (χ1) is 11.1. The van der Waals surface area contributed by atoms with Gasteiger partial charge in [0.25, 0.3) is 5.91 Å². The zero-order valence-electron chi connectivity index (χ0n) is 13.2. The number of carbonyl (C=O) groups excluding carboxylic acids is 1. The van der Waals surface area contributed by atoms with Gasteiger partial charge < -0.3 is 9.84 Å². The highest BCUT2D eigenvalue weighted by atomic mass is 16.5. The van der Waals surface area contributed by atoms with Crippen LogP contribution < -0.4 is 10.2 Å². The number of hydrogen-bond acceptors (Lipinski definition) is 4. The predicted octanol–water partition coefficient (Wildman–Crippen LogP) is 3.34. The van der Waals surface area contributed by atoms with Crippen molar-refractivity contribution < 1.29 is 14.6 Å². The molecule has 0 aliphatic rings. The van der Waals surface area contributed by atoms with Crippen molar-refractivity contribution in [1.82, 2.24) is 5.43 Å². The Bertz CT molecular complexity index is 694. The second kappa shape index (κ2) is 7.98. The van der Waals surface area contributed by atoms with Gasteiger partial charge in [-0.15, -0.1) is 0 Å². The smallest absolute Gasteiger partial charge is 0.275 e. The quantitative estimate of drug-likeness (QED) is 0.635. The Kier molecular flexibility index (Phi) is 5.74. The Labute approximate surface area is 135 Å². The number of phenols is 1. The summed E-state index contributed by atoms with van der Waals surface area (Å²) in [6, 6.07) is 13.7. The minimum absolute atomic E-state index is 0.188. The highest BCUT2D eigenvalue weighted by Crippen LogP contribution is 2.18. The van der Waals surface area contributed by atoms with E-state index in [1.54, 1.807) is 49.4 Å². The van der Waals surface area contributed by atoms with Gasteiger partial charge >= 0.3 is 0 Å². The second-order valence-corrected chi connectivity index (χ2v) is 5.03. The van der Waals surface area contributed by atoms with E-state index in [9.17, 15) is 9.90 Å². The standard InChI is InChI=1S/C18H20N2O3/c1-3-12-23-17-7-5-4-6-16(17)18(22)20-19-13(2)14-8-10-15(21)11-9-14/h4-11,21H,3,12H2,1-2H3,(H,20,22).